The molecule has 6 nitrogen and oxygen atoms in total. The summed E-state index contributed by atoms with van der Waals surface area (Å²) in [5, 5.41) is 17.5. The fraction of sp³-hybridized carbons (Fsp3) is 0.143. The molecule has 0 radical (unpaired) electrons. The molecular formula is C21H19ClN4O2. The van der Waals surface area contributed by atoms with E-state index in [9.17, 15) is 4.79 Å². The van der Waals surface area contributed by atoms with E-state index in [1.54, 1.807) is 17.1 Å². The van der Waals surface area contributed by atoms with Crippen molar-refractivity contribution in [1.29, 1.82) is 0 Å². The number of rotatable bonds is 6. The fourth-order valence-electron chi connectivity index (χ4n) is 3.12. The van der Waals surface area contributed by atoms with Crippen LogP contribution in [0.1, 0.15) is 21.6 Å². The van der Waals surface area contributed by atoms with Gasteiger partial charge in [-0.3, -0.25) is 9.48 Å². The number of nitrogens with one attached hydrogen (secondary N) is 2. The van der Waals surface area contributed by atoms with Crippen LogP contribution in [0.2, 0.25) is 5.02 Å². The van der Waals surface area contributed by atoms with Crippen LogP contribution in [0.4, 0.5) is 5.69 Å². The average Bonchev–Trinajstić information content (AvgIpc) is 3.30. The maximum absolute atomic E-state index is 12.5. The number of carbonyl (C=O) groups is 1. The lowest BCUT2D eigenvalue weighted by Crippen LogP contribution is -2.11. The Labute approximate surface area is 166 Å². The van der Waals surface area contributed by atoms with Gasteiger partial charge in [0.15, 0.2) is 0 Å². The lowest BCUT2D eigenvalue weighted by atomic mass is 10.0. The average molecular weight is 395 g/mol. The number of benzene rings is 2. The van der Waals surface area contributed by atoms with E-state index in [0.29, 0.717) is 17.9 Å². The third-order valence-electron chi connectivity index (χ3n) is 4.50. The number of halogens is 1. The molecule has 0 saturated heterocycles. The second-order valence-electron chi connectivity index (χ2n) is 6.54. The zero-order valence-corrected chi connectivity index (χ0v) is 15.8. The van der Waals surface area contributed by atoms with E-state index >= 15 is 0 Å². The smallest absolute Gasteiger partial charge is 0.272 e. The number of amides is 1. The Hall–Kier alpha value is -3.09. The zero-order chi connectivity index (χ0) is 19.5. The van der Waals surface area contributed by atoms with Gasteiger partial charge in [0.2, 0.25) is 0 Å². The Balaban J connectivity index is 1.52. The first-order valence-electron chi connectivity index (χ1n) is 8.92. The molecule has 1 amide bonds. The molecule has 0 aliphatic rings. The molecule has 0 aliphatic heterocycles. The third kappa shape index (κ3) is 3.93. The van der Waals surface area contributed by atoms with Crippen molar-refractivity contribution in [3.05, 3.63) is 82.8 Å². The molecule has 2 aromatic heterocycles. The standard InChI is InChI=1S/C21H19ClN4O2/c22-18-4-2-1-3-15(18)9-14-5-6-16-11-20(25-19(16)10-14)21(28)24-17-12-23-26(13-17)7-8-27/h1-6,10-13,25,27H,7-9H2,(H,24,28). The number of H-pyrrole nitrogens is 1. The van der Waals surface area contributed by atoms with E-state index in [-0.39, 0.29) is 12.5 Å². The molecule has 4 rings (SSSR count). The largest absolute Gasteiger partial charge is 0.394 e. The van der Waals surface area contributed by atoms with Crippen molar-refractivity contribution in [2.45, 2.75) is 13.0 Å². The molecule has 7 heteroatoms. The van der Waals surface area contributed by atoms with Crippen LogP contribution >= 0.6 is 11.6 Å². The Morgan fingerprint density at radius 1 is 1.21 bits per heavy atom. The maximum atomic E-state index is 12.5. The van der Waals surface area contributed by atoms with Crippen molar-refractivity contribution >= 4 is 34.1 Å². The van der Waals surface area contributed by atoms with E-state index in [1.165, 1.54) is 0 Å². The van der Waals surface area contributed by atoms with Gasteiger partial charge in [0, 0.05) is 22.1 Å². The van der Waals surface area contributed by atoms with Crippen molar-refractivity contribution < 1.29 is 9.90 Å². The minimum absolute atomic E-state index is 0.00634. The predicted molar refractivity (Wildman–Crippen MR) is 110 cm³/mol. The highest BCUT2D eigenvalue weighted by atomic mass is 35.5. The minimum atomic E-state index is -0.243. The van der Waals surface area contributed by atoms with E-state index in [4.69, 9.17) is 16.7 Å². The number of hydrogen-bond acceptors (Lipinski definition) is 3. The SMILES string of the molecule is O=C(Nc1cnn(CCO)c1)c1cc2ccc(Cc3ccccc3Cl)cc2[nH]1. The summed E-state index contributed by atoms with van der Waals surface area (Å²) in [6, 6.07) is 15.7. The van der Waals surface area contributed by atoms with Crippen LogP contribution in [-0.2, 0) is 13.0 Å². The zero-order valence-electron chi connectivity index (χ0n) is 15.0. The van der Waals surface area contributed by atoms with Crippen molar-refractivity contribution in [3.63, 3.8) is 0 Å². The first kappa shape index (κ1) is 18.3. The molecular weight excluding hydrogens is 376 g/mol. The Morgan fingerprint density at radius 2 is 2.07 bits per heavy atom. The summed E-state index contributed by atoms with van der Waals surface area (Å²) in [5.74, 6) is -0.243. The van der Waals surface area contributed by atoms with Crippen molar-refractivity contribution in [1.82, 2.24) is 14.8 Å². The van der Waals surface area contributed by atoms with Gasteiger partial charge >= 0.3 is 0 Å². The molecule has 0 unspecified atom stereocenters. The van der Waals surface area contributed by atoms with Crippen LogP contribution in [0.25, 0.3) is 10.9 Å². The van der Waals surface area contributed by atoms with Crippen molar-refractivity contribution in [3.8, 4) is 0 Å². The van der Waals surface area contributed by atoms with E-state index < -0.39 is 0 Å². The highest BCUT2D eigenvalue weighted by Crippen LogP contribution is 2.23. The van der Waals surface area contributed by atoms with Crippen molar-refractivity contribution in [2.75, 3.05) is 11.9 Å². The van der Waals surface area contributed by atoms with Gasteiger partial charge in [-0.25, -0.2) is 0 Å². The molecule has 28 heavy (non-hydrogen) atoms. The molecule has 3 N–H and O–H groups in total. The van der Waals surface area contributed by atoms with Gasteiger partial charge in [0.25, 0.3) is 5.91 Å². The van der Waals surface area contributed by atoms with Gasteiger partial charge in [0.05, 0.1) is 25.0 Å². The monoisotopic (exact) mass is 394 g/mol. The maximum Gasteiger partial charge on any atom is 0.272 e. The van der Waals surface area contributed by atoms with Gasteiger partial charge in [-0.2, -0.15) is 5.10 Å². The molecule has 0 aliphatic carbocycles. The van der Waals surface area contributed by atoms with Gasteiger partial charge < -0.3 is 15.4 Å². The number of aromatic amines is 1. The molecule has 142 valence electrons. The topological polar surface area (TPSA) is 82.9 Å². The number of hydrogen-bond donors (Lipinski definition) is 3. The summed E-state index contributed by atoms with van der Waals surface area (Å²) in [7, 11) is 0. The number of aliphatic hydroxyl groups is 1. The number of anilines is 1. The van der Waals surface area contributed by atoms with Gasteiger partial charge in [-0.15, -0.1) is 0 Å². The van der Waals surface area contributed by atoms with Crippen LogP contribution in [-0.4, -0.2) is 32.4 Å². The van der Waals surface area contributed by atoms with Crippen LogP contribution in [0.3, 0.4) is 0 Å². The van der Waals surface area contributed by atoms with E-state index in [1.807, 2.05) is 48.5 Å². The first-order chi connectivity index (χ1) is 13.6. The summed E-state index contributed by atoms with van der Waals surface area (Å²) in [6.45, 7) is 0.379. The second kappa shape index (κ2) is 7.88. The number of aliphatic hydroxyl groups excluding tert-OH is 1. The highest BCUT2D eigenvalue weighted by molar-refractivity contribution is 6.31. The quantitative estimate of drug-likeness (QED) is 0.464. The number of carbonyl (C=O) groups excluding carboxylic acids is 1. The predicted octanol–water partition coefficient (Wildman–Crippen LogP) is 3.85. The van der Waals surface area contributed by atoms with Gasteiger partial charge in [0.1, 0.15) is 5.69 Å². The minimum Gasteiger partial charge on any atom is -0.394 e. The van der Waals surface area contributed by atoms with Crippen molar-refractivity contribution in [2.24, 2.45) is 0 Å². The third-order valence-corrected chi connectivity index (χ3v) is 4.87. The van der Waals surface area contributed by atoms with Crippen LogP contribution in [0.15, 0.2) is 60.9 Å². The molecule has 0 fully saturated rings. The lowest BCUT2D eigenvalue weighted by Gasteiger charge is -2.04. The first-order valence-corrected chi connectivity index (χ1v) is 9.30. The lowest BCUT2D eigenvalue weighted by molar-refractivity contribution is 0.102. The Morgan fingerprint density at radius 3 is 2.89 bits per heavy atom. The molecule has 4 aromatic rings. The summed E-state index contributed by atoms with van der Waals surface area (Å²) in [6.07, 6.45) is 3.95. The van der Waals surface area contributed by atoms with Crippen LogP contribution in [0.5, 0.6) is 0 Å². The number of aromatic nitrogens is 3. The van der Waals surface area contributed by atoms with Crippen LogP contribution in [0, 0.1) is 0 Å². The Kier molecular flexibility index (Phi) is 5.14. The normalized spacial score (nSPS) is 11.1. The van der Waals surface area contributed by atoms with Gasteiger partial charge in [-0.05, 0) is 35.7 Å². The molecule has 2 aromatic carbocycles. The summed E-state index contributed by atoms with van der Waals surface area (Å²) < 4.78 is 1.57. The highest BCUT2D eigenvalue weighted by Gasteiger charge is 2.12. The molecule has 0 bridgehead atoms. The summed E-state index contributed by atoms with van der Waals surface area (Å²) in [5.41, 5.74) is 4.12. The molecule has 0 atom stereocenters. The summed E-state index contributed by atoms with van der Waals surface area (Å²) >= 11 is 6.26. The number of fused-ring (bicyclic) bond motifs is 1. The van der Waals surface area contributed by atoms with Crippen LogP contribution < -0.4 is 5.32 Å². The van der Waals surface area contributed by atoms with E-state index in [0.717, 1.165) is 33.5 Å². The molecule has 0 saturated carbocycles. The molecule has 2 heterocycles. The van der Waals surface area contributed by atoms with Gasteiger partial charge in [-0.1, -0.05) is 41.9 Å². The Bertz CT molecular complexity index is 1130. The second-order valence-corrected chi connectivity index (χ2v) is 6.95. The summed E-state index contributed by atoms with van der Waals surface area (Å²) in [4.78, 5) is 15.7. The fourth-order valence-corrected chi connectivity index (χ4v) is 3.32. The molecule has 0 spiro atoms. The number of nitrogens with zero attached hydrogens (tertiary/aromatic N) is 2. The van der Waals surface area contributed by atoms with E-state index in [2.05, 4.69) is 15.4 Å².